The highest BCUT2D eigenvalue weighted by molar-refractivity contribution is 5.88. The summed E-state index contributed by atoms with van der Waals surface area (Å²) in [5, 5.41) is 0. The second kappa shape index (κ2) is 12.3. The number of nitrogens with zero attached hydrogens (tertiary/aromatic N) is 2. The zero-order valence-corrected chi connectivity index (χ0v) is 20.1. The molecule has 33 heavy (non-hydrogen) atoms. The standard InChI is InChI=1S/C27H36N2O4/c1-4-17-32-25-15-14-22(18-21(25)3)19-29(24-13-9-10-16-28(5-2)27(24)31)26(30)20-33-23-11-7-6-8-12-23/h6-8,11-12,14-15,18,24H,4-5,9-10,13,16-17,19-20H2,1-3H3/t24-/m0/s1. The van der Waals surface area contributed by atoms with Gasteiger partial charge in [-0.25, -0.2) is 0 Å². The van der Waals surface area contributed by atoms with Gasteiger partial charge in [0.05, 0.1) is 6.61 Å². The van der Waals surface area contributed by atoms with Gasteiger partial charge in [0.15, 0.2) is 6.61 Å². The Hall–Kier alpha value is -3.02. The maximum absolute atomic E-state index is 13.4. The van der Waals surface area contributed by atoms with Crippen molar-refractivity contribution in [1.82, 2.24) is 9.80 Å². The summed E-state index contributed by atoms with van der Waals surface area (Å²) in [5.41, 5.74) is 2.00. The van der Waals surface area contributed by atoms with Gasteiger partial charge in [-0.2, -0.15) is 0 Å². The van der Waals surface area contributed by atoms with Gasteiger partial charge in [0, 0.05) is 19.6 Å². The van der Waals surface area contributed by atoms with Crippen molar-refractivity contribution < 1.29 is 19.1 Å². The molecule has 0 spiro atoms. The third-order valence-electron chi connectivity index (χ3n) is 5.99. The van der Waals surface area contributed by atoms with Crippen LogP contribution in [0.2, 0.25) is 0 Å². The van der Waals surface area contributed by atoms with Gasteiger partial charge in [-0.1, -0.05) is 37.3 Å². The van der Waals surface area contributed by atoms with E-state index >= 15 is 0 Å². The number of hydrogen-bond acceptors (Lipinski definition) is 4. The molecule has 0 unspecified atom stereocenters. The minimum atomic E-state index is -0.476. The van der Waals surface area contributed by atoms with Crippen molar-refractivity contribution in [2.24, 2.45) is 0 Å². The van der Waals surface area contributed by atoms with Crippen molar-refractivity contribution in [3.8, 4) is 11.5 Å². The molecule has 1 fully saturated rings. The number of amides is 2. The number of rotatable bonds is 10. The third kappa shape index (κ3) is 6.73. The van der Waals surface area contributed by atoms with E-state index in [1.54, 1.807) is 4.90 Å². The predicted octanol–water partition coefficient (Wildman–Crippen LogP) is 4.59. The Morgan fingerprint density at radius 2 is 1.88 bits per heavy atom. The quantitative estimate of drug-likeness (QED) is 0.529. The number of benzene rings is 2. The summed E-state index contributed by atoms with van der Waals surface area (Å²) in [7, 11) is 0. The van der Waals surface area contributed by atoms with Crippen LogP contribution in [0.4, 0.5) is 0 Å². The molecular formula is C27H36N2O4. The first kappa shape index (κ1) is 24.6. The molecule has 1 atom stereocenters. The van der Waals surface area contributed by atoms with E-state index in [-0.39, 0.29) is 18.4 Å². The van der Waals surface area contributed by atoms with Crippen molar-refractivity contribution in [2.75, 3.05) is 26.3 Å². The van der Waals surface area contributed by atoms with Gasteiger partial charge < -0.3 is 19.3 Å². The average molecular weight is 453 g/mol. The first-order valence-corrected chi connectivity index (χ1v) is 12.0. The van der Waals surface area contributed by atoms with E-state index in [4.69, 9.17) is 9.47 Å². The fourth-order valence-electron chi connectivity index (χ4n) is 4.19. The Morgan fingerprint density at radius 1 is 1.09 bits per heavy atom. The molecule has 3 rings (SSSR count). The van der Waals surface area contributed by atoms with E-state index in [0.29, 0.717) is 31.9 Å². The number of ether oxygens (including phenoxy) is 2. The number of carbonyl (C=O) groups excluding carboxylic acids is 2. The summed E-state index contributed by atoms with van der Waals surface area (Å²) in [6.45, 7) is 8.41. The Balaban J connectivity index is 1.82. The van der Waals surface area contributed by atoms with Crippen molar-refractivity contribution >= 4 is 11.8 Å². The third-order valence-corrected chi connectivity index (χ3v) is 5.99. The lowest BCUT2D eigenvalue weighted by molar-refractivity contribution is -0.147. The molecule has 6 nitrogen and oxygen atoms in total. The van der Waals surface area contributed by atoms with Crippen LogP contribution in [0.3, 0.4) is 0 Å². The molecule has 2 aromatic rings. The molecule has 0 N–H and O–H groups in total. The first-order valence-electron chi connectivity index (χ1n) is 12.0. The van der Waals surface area contributed by atoms with Crippen LogP contribution < -0.4 is 9.47 Å². The van der Waals surface area contributed by atoms with Crippen LogP contribution in [0.5, 0.6) is 11.5 Å². The van der Waals surface area contributed by atoms with Gasteiger partial charge in [-0.3, -0.25) is 9.59 Å². The van der Waals surface area contributed by atoms with Crippen LogP contribution in [0, 0.1) is 6.92 Å². The summed E-state index contributed by atoms with van der Waals surface area (Å²) in [6.07, 6.45) is 3.49. The van der Waals surface area contributed by atoms with Gasteiger partial charge >= 0.3 is 0 Å². The number of likely N-dealkylation sites (N-methyl/N-ethyl adjacent to an activating group) is 1. The maximum atomic E-state index is 13.4. The summed E-state index contributed by atoms with van der Waals surface area (Å²) in [4.78, 5) is 30.2. The monoisotopic (exact) mass is 452 g/mol. The minimum Gasteiger partial charge on any atom is -0.493 e. The lowest BCUT2D eigenvalue weighted by Gasteiger charge is -2.33. The van der Waals surface area contributed by atoms with Crippen LogP contribution >= 0.6 is 0 Å². The molecule has 1 saturated heterocycles. The molecule has 0 aromatic heterocycles. The zero-order valence-electron chi connectivity index (χ0n) is 20.1. The highest BCUT2D eigenvalue weighted by atomic mass is 16.5. The van der Waals surface area contributed by atoms with Gasteiger partial charge in [0.1, 0.15) is 17.5 Å². The predicted molar refractivity (Wildman–Crippen MR) is 129 cm³/mol. The van der Waals surface area contributed by atoms with Crippen molar-refractivity contribution in [1.29, 1.82) is 0 Å². The van der Waals surface area contributed by atoms with Crippen molar-refractivity contribution in [3.63, 3.8) is 0 Å². The SMILES string of the molecule is CCCOc1ccc(CN(C(=O)COc2ccccc2)[C@H]2CCCCN(CC)C2=O)cc1C. The van der Waals surface area contributed by atoms with Gasteiger partial charge in [-0.15, -0.1) is 0 Å². The molecule has 0 bridgehead atoms. The van der Waals surface area contributed by atoms with E-state index in [1.165, 1.54) is 0 Å². The molecule has 0 aliphatic carbocycles. The highest BCUT2D eigenvalue weighted by Gasteiger charge is 2.34. The first-order chi connectivity index (χ1) is 16.0. The van der Waals surface area contributed by atoms with Gasteiger partial charge in [0.25, 0.3) is 5.91 Å². The summed E-state index contributed by atoms with van der Waals surface area (Å²) < 4.78 is 11.5. The lowest BCUT2D eigenvalue weighted by Crippen LogP contribution is -2.50. The number of carbonyl (C=O) groups is 2. The Morgan fingerprint density at radius 3 is 2.58 bits per heavy atom. The van der Waals surface area contributed by atoms with E-state index in [9.17, 15) is 9.59 Å². The van der Waals surface area contributed by atoms with Gasteiger partial charge in [-0.05, 0) is 68.9 Å². The zero-order chi connectivity index (χ0) is 23.6. The Kier molecular flexibility index (Phi) is 9.16. The average Bonchev–Trinajstić information content (AvgIpc) is 3.02. The topological polar surface area (TPSA) is 59.1 Å². The minimum absolute atomic E-state index is 0.0303. The molecule has 1 aliphatic rings. The van der Waals surface area contributed by atoms with Crippen LogP contribution in [-0.4, -0.2) is 54.0 Å². The Bertz CT molecular complexity index is 916. The van der Waals surface area contributed by atoms with Crippen LogP contribution in [0.1, 0.15) is 50.7 Å². The van der Waals surface area contributed by atoms with Crippen molar-refractivity contribution in [2.45, 2.75) is 59.0 Å². The number of likely N-dealkylation sites (tertiary alicyclic amines) is 1. The molecule has 0 radical (unpaired) electrons. The number of aryl methyl sites for hydroxylation is 1. The molecule has 1 aliphatic heterocycles. The van der Waals surface area contributed by atoms with E-state index in [0.717, 1.165) is 42.7 Å². The summed E-state index contributed by atoms with van der Waals surface area (Å²) in [5.74, 6) is 1.34. The van der Waals surface area contributed by atoms with Gasteiger partial charge in [0.2, 0.25) is 5.91 Å². The summed E-state index contributed by atoms with van der Waals surface area (Å²) in [6, 6.07) is 14.8. The molecule has 1 heterocycles. The fourth-order valence-corrected chi connectivity index (χ4v) is 4.19. The van der Waals surface area contributed by atoms with Crippen molar-refractivity contribution in [3.05, 3.63) is 59.7 Å². The van der Waals surface area contributed by atoms with Crippen LogP contribution in [-0.2, 0) is 16.1 Å². The van der Waals surface area contributed by atoms with Crippen LogP contribution in [0.25, 0.3) is 0 Å². The van der Waals surface area contributed by atoms with E-state index in [2.05, 4.69) is 6.92 Å². The Labute approximate surface area is 197 Å². The smallest absolute Gasteiger partial charge is 0.261 e. The molecular weight excluding hydrogens is 416 g/mol. The second-order valence-electron chi connectivity index (χ2n) is 8.50. The number of hydrogen-bond donors (Lipinski definition) is 0. The van der Waals surface area contributed by atoms with E-state index < -0.39 is 6.04 Å². The molecule has 6 heteroatoms. The van der Waals surface area contributed by atoms with E-state index in [1.807, 2.05) is 67.3 Å². The molecule has 2 aromatic carbocycles. The molecule has 0 saturated carbocycles. The largest absolute Gasteiger partial charge is 0.493 e. The molecule has 2 amide bonds. The fraction of sp³-hybridized carbons (Fsp3) is 0.481. The maximum Gasteiger partial charge on any atom is 0.261 e. The summed E-state index contributed by atoms with van der Waals surface area (Å²) >= 11 is 0. The number of para-hydroxylation sites is 1. The normalized spacial score (nSPS) is 16.3. The highest BCUT2D eigenvalue weighted by Crippen LogP contribution is 2.24. The van der Waals surface area contributed by atoms with Crippen LogP contribution in [0.15, 0.2) is 48.5 Å². The molecule has 178 valence electrons. The lowest BCUT2D eigenvalue weighted by atomic mass is 10.1. The second-order valence-corrected chi connectivity index (χ2v) is 8.50.